The van der Waals surface area contributed by atoms with Crippen molar-refractivity contribution < 1.29 is 14.0 Å². The standard InChI is InChI=1S/C13H13NO3S2.2H3N/c1-2-13(12(16)19,7-10(15)18)11-14-8-5-3-4-6-9(8)17-11;;/h3-6H,2,7H2,1H3,(H,15,18)(H,16,19);2*1H3. The van der Waals surface area contributed by atoms with Crippen LogP contribution in [0.5, 0.6) is 0 Å². The van der Waals surface area contributed by atoms with Gasteiger partial charge in [0.05, 0.1) is 0 Å². The predicted octanol–water partition coefficient (Wildman–Crippen LogP) is 3.10. The van der Waals surface area contributed by atoms with E-state index in [9.17, 15) is 9.59 Å². The largest absolute Gasteiger partial charge is 0.440 e. The van der Waals surface area contributed by atoms with Gasteiger partial charge in [-0.3, -0.25) is 9.59 Å². The number of hydrogen-bond acceptors (Lipinski definition) is 6. The summed E-state index contributed by atoms with van der Waals surface area (Å²) in [4.78, 5) is 27.5. The van der Waals surface area contributed by atoms with Gasteiger partial charge in [0.25, 0.3) is 0 Å². The summed E-state index contributed by atoms with van der Waals surface area (Å²) in [5.74, 6) is 0.221. The molecule has 0 aliphatic carbocycles. The van der Waals surface area contributed by atoms with Crippen molar-refractivity contribution in [3.8, 4) is 0 Å². The second-order valence-corrected chi connectivity index (χ2v) is 5.20. The van der Waals surface area contributed by atoms with E-state index in [1.54, 1.807) is 19.1 Å². The van der Waals surface area contributed by atoms with E-state index in [0.29, 0.717) is 17.5 Å². The van der Waals surface area contributed by atoms with Crippen LogP contribution >= 0.6 is 25.3 Å². The summed E-state index contributed by atoms with van der Waals surface area (Å²) >= 11 is 7.66. The number of carbonyl (C=O) groups is 2. The van der Waals surface area contributed by atoms with Gasteiger partial charge in [0.1, 0.15) is 10.9 Å². The molecule has 0 bridgehead atoms. The number of fused-ring (bicyclic) bond motifs is 1. The van der Waals surface area contributed by atoms with Gasteiger partial charge in [-0.05, 0) is 18.6 Å². The molecular formula is C13H19N3O3S2. The summed E-state index contributed by atoms with van der Waals surface area (Å²) in [6, 6.07) is 7.19. The highest BCUT2D eigenvalue weighted by molar-refractivity contribution is 7.97. The Kier molecular flexibility index (Phi) is 7.11. The molecule has 1 atom stereocenters. The number of oxazole rings is 1. The summed E-state index contributed by atoms with van der Waals surface area (Å²) in [5.41, 5.74) is 0.0778. The van der Waals surface area contributed by atoms with Crippen molar-refractivity contribution in [1.29, 1.82) is 0 Å². The molecule has 1 unspecified atom stereocenters. The summed E-state index contributed by atoms with van der Waals surface area (Å²) in [7, 11) is 0. The number of aromatic nitrogens is 1. The fraction of sp³-hybridized carbons (Fsp3) is 0.308. The fourth-order valence-electron chi connectivity index (χ4n) is 2.01. The minimum Gasteiger partial charge on any atom is -0.440 e. The first-order chi connectivity index (χ1) is 8.99. The number of benzene rings is 1. The quantitative estimate of drug-likeness (QED) is 0.623. The Hall–Kier alpha value is -1.35. The molecule has 0 saturated heterocycles. The molecule has 1 aromatic heterocycles. The summed E-state index contributed by atoms with van der Waals surface area (Å²) < 4.78 is 5.62. The average Bonchev–Trinajstić information content (AvgIpc) is 2.79. The minimum atomic E-state index is -1.15. The van der Waals surface area contributed by atoms with Crippen LogP contribution in [0.25, 0.3) is 11.1 Å². The molecule has 0 saturated carbocycles. The fourth-order valence-corrected chi connectivity index (χ4v) is 2.61. The highest BCUT2D eigenvalue weighted by atomic mass is 32.1. The maximum Gasteiger partial charge on any atom is 0.210 e. The molecule has 0 radical (unpaired) electrons. The van der Waals surface area contributed by atoms with E-state index in [2.05, 4.69) is 30.2 Å². The third-order valence-electron chi connectivity index (χ3n) is 3.17. The summed E-state index contributed by atoms with van der Waals surface area (Å²) in [6.45, 7) is 1.79. The third-order valence-corrected chi connectivity index (χ3v) is 3.76. The second-order valence-electron chi connectivity index (χ2n) is 4.30. The van der Waals surface area contributed by atoms with Crippen LogP contribution in [0.4, 0.5) is 0 Å². The molecule has 116 valence electrons. The van der Waals surface area contributed by atoms with E-state index >= 15 is 0 Å². The Morgan fingerprint density at radius 2 is 1.86 bits per heavy atom. The molecule has 0 aliphatic heterocycles. The normalized spacial score (nSPS) is 12.9. The molecule has 6 N–H and O–H groups in total. The topological polar surface area (TPSA) is 130 Å². The van der Waals surface area contributed by atoms with Crippen LogP contribution in [0.3, 0.4) is 0 Å². The van der Waals surface area contributed by atoms with E-state index in [4.69, 9.17) is 4.42 Å². The Morgan fingerprint density at radius 1 is 1.24 bits per heavy atom. The van der Waals surface area contributed by atoms with Gasteiger partial charge in [-0.2, -0.15) is 0 Å². The molecular weight excluding hydrogens is 310 g/mol. The van der Waals surface area contributed by atoms with E-state index in [0.717, 1.165) is 0 Å². The monoisotopic (exact) mass is 329 g/mol. The highest BCUT2D eigenvalue weighted by Crippen LogP contribution is 2.36. The number of nitrogens with zero attached hydrogens (tertiary/aromatic N) is 1. The third kappa shape index (κ3) is 3.65. The van der Waals surface area contributed by atoms with Gasteiger partial charge in [0.15, 0.2) is 10.7 Å². The number of para-hydroxylation sites is 2. The van der Waals surface area contributed by atoms with E-state index in [1.165, 1.54) is 0 Å². The van der Waals surface area contributed by atoms with Gasteiger partial charge in [0.2, 0.25) is 11.0 Å². The smallest absolute Gasteiger partial charge is 0.210 e. The van der Waals surface area contributed by atoms with Crippen LogP contribution in [0.1, 0.15) is 25.7 Å². The van der Waals surface area contributed by atoms with Crippen molar-refractivity contribution in [2.45, 2.75) is 25.2 Å². The van der Waals surface area contributed by atoms with Crippen molar-refractivity contribution in [3.63, 3.8) is 0 Å². The van der Waals surface area contributed by atoms with Gasteiger partial charge >= 0.3 is 0 Å². The molecule has 2 rings (SSSR count). The number of thiol groups is 2. The van der Waals surface area contributed by atoms with Gasteiger partial charge in [0, 0.05) is 6.42 Å². The molecule has 2 aromatic rings. The Morgan fingerprint density at radius 3 is 2.33 bits per heavy atom. The second kappa shape index (κ2) is 7.60. The maximum atomic E-state index is 11.9. The van der Waals surface area contributed by atoms with Crippen molar-refractivity contribution in [2.24, 2.45) is 0 Å². The molecule has 21 heavy (non-hydrogen) atoms. The lowest BCUT2D eigenvalue weighted by Crippen LogP contribution is -2.34. The van der Waals surface area contributed by atoms with Crippen LogP contribution in [-0.4, -0.2) is 15.2 Å². The molecule has 1 heterocycles. The van der Waals surface area contributed by atoms with Crippen LogP contribution in [0.15, 0.2) is 28.7 Å². The van der Waals surface area contributed by atoms with E-state index < -0.39 is 15.6 Å². The lowest BCUT2D eigenvalue weighted by Gasteiger charge is -2.23. The lowest BCUT2D eigenvalue weighted by molar-refractivity contribution is -0.121. The maximum absolute atomic E-state index is 11.9. The van der Waals surface area contributed by atoms with Crippen molar-refractivity contribution in [3.05, 3.63) is 30.2 Å². The predicted molar refractivity (Wildman–Crippen MR) is 88.6 cm³/mol. The van der Waals surface area contributed by atoms with Gasteiger partial charge in [-0.25, -0.2) is 4.98 Å². The summed E-state index contributed by atoms with van der Waals surface area (Å²) in [5, 5.41) is -0.838. The van der Waals surface area contributed by atoms with Crippen molar-refractivity contribution in [1.82, 2.24) is 17.3 Å². The number of carbonyl (C=O) groups excluding carboxylic acids is 2. The number of rotatable bonds is 5. The zero-order chi connectivity index (χ0) is 14.0. The number of hydrogen-bond donors (Lipinski definition) is 4. The molecule has 0 aliphatic rings. The first kappa shape index (κ1) is 19.7. The molecule has 0 spiro atoms. The minimum absolute atomic E-state index is 0. The molecule has 0 fully saturated rings. The van der Waals surface area contributed by atoms with E-state index in [1.807, 2.05) is 12.1 Å². The first-order valence-electron chi connectivity index (χ1n) is 5.81. The van der Waals surface area contributed by atoms with Crippen LogP contribution in [-0.2, 0) is 15.0 Å². The van der Waals surface area contributed by atoms with E-state index in [-0.39, 0.29) is 24.6 Å². The SMILES string of the molecule is CCC(CC(=O)S)(C(=O)S)c1nc2ccccc2o1.N.N. The Bertz CT molecular complexity index is 611. The van der Waals surface area contributed by atoms with Gasteiger partial charge < -0.3 is 16.7 Å². The van der Waals surface area contributed by atoms with Crippen molar-refractivity contribution in [2.75, 3.05) is 0 Å². The molecule has 6 nitrogen and oxygen atoms in total. The molecule has 8 heteroatoms. The lowest BCUT2D eigenvalue weighted by atomic mass is 9.83. The van der Waals surface area contributed by atoms with Gasteiger partial charge in [-0.15, -0.1) is 25.3 Å². The van der Waals surface area contributed by atoms with Crippen LogP contribution < -0.4 is 12.3 Å². The zero-order valence-electron chi connectivity index (χ0n) is 11.7. The molecule has 0 amide bonds. The Labute approximate surface area is 133 Å². The Balaban J connectivity index is 0.00000200. The highest BCUT2D eigenvalue weighted by Gasteiger charge is 2.42. The van der Waals surface area contributed by atoms with Crippen LogP contribution in [0.2, 0.25) is 0 Å². The summed E-state index contributed by atoms with van der Waals surface area (Å²) in [6.07, 6.45) is 0.288. The van der Waals surface area contributed by atoms with Crippen molar-refractivity contribution >= 4 is 46.6 Å². The zero-order valence-corrected chi connectivity index (χ0v) is 13.5. The first-order valence-corrected chi connectivity index (χ1v) is 6.70. The average molecular weight is 329 g/mol. The van der Waals surface area contributed by atoms with Crippen LogP contribution in [0, 0.1) is 0 Å². The molecule has 1 aromatic carbocycles. The van der Waals surface area contributed by atoms with Gasteiger partial charge in [-0.1, -0.05) is 19.1 Å².